The summed E-state index contributed by atoms with van der Waals surface area (Å²) in [5, 5.41) is 2.68. The number of nitrogens with zero attached hydrogens (tertiary/aromatic N) is 1. The van der Waals surface area contributed by atoms with Gasteiger partial charge < -0.3 is 5.32 Å². The molecule has 0 saturated carbocycles. The predicted molar refractivity (Wildman–Crippen MR) is 108 cm³/mol. The monoisotopic (exact) mass is 403 g/mol. The lowest BCUT2D eigenvalue weighted by Gasteiger charge is -2.10. The number of amides is 1. The molecule has 140 valence electrons. The molecule has 1 amide bonds. The minimum Gasteiger partial charge on any atom is -0.321 e. The molecule has 1 aromatic heterocycles. The fourth-order valence-corrected chi connectivity index (χ4v) is 3.38. The molecular formula is C19H18ClN3O3S. The molecule has 27 heavy (non-hydrogen) atoms. The van der Waals surface area contributed by atoms with Gasteiger partial charge in [-0.3, -0.25) is 14.5 Å². The van der Waals surface area contributed by atoms with Gasteiger partial charge in [0.1, 0.15) is 0 Å². The summed E-state index contributed by atoms with van der Waals surface area (Å²) in [5.74, 6) is -0.412. The topological polar surface area (TPSA) is 88.2 Å². The van der Waals surface area contributed by atoms with Gasteiger partial charge >= 0.3 is 0 Å². The number of aryl methyl sites for hydroxylation is 1. The van der Waals surface area contributed by atoms with Crippen LogP contribution in [0.15, 0.2) is 78.0 Å². The van der Waals surface area contributed by atoms with Crippen LogP contribution < -0.4 is 10.0 Å². The Morgan fingerprint density at radius 3 is 2.37 bits per heavy atom. The van der Waals surface area contributed by atoms with Crippen LogP contribution in [0, 0.1) is 6.92 Å². The van der Waals surface area contributed by atoms with Gasteiger partial charge in [0.25, 0.3) is 15.9 Å². The molecule has 0 aliphatic heterocycles. The SMILES string of the molecule is Cc1ccc(NS(=O)(=O)c2cccc(C(=O)Nc3cccnc3)c2)cc1.Cl. The number of nitrogens with one attached hydrogen (secondary N) is 2. The van der Waals surface area contributed by atoms with Crippen molar-refractivity contribution in [1.29, 1.82) is 0 Å². The summed E-state index contributed by atoms with van der Waals surface area (Å²) in [6, 6.07) is 16.3. The van der Waals surface area contributed by atoms with Gasteiger partial charge in [-0.05, 0) is 49.4 Å². The number of pyridine rings is 1. The largest absolute Gasteiger partial charge is 0.321 e. The van der Waals surface area contributed by atoms with E-state index in [1.54, 1.807) is 36.5 Å². The molecule has 3 rings (SSSR count). The highest BCUT2D eigenvalue weighted by Crippen LogP contribution is 2.18. The van der Waals surface area contributed by atoms with Crippen LogP contribution in [0.4, 0.5) is 11.4 Å². The number of hydrogen-bond acceptors (Lipinski definition) is 4. The smallest absolute Gasteiger partial charge is 0.261 e. The van der Waals surface area contributed by atoms with Crippen molar-refractivity contribution in [3.63, 3.8) is 0 Å². The standard InChI is InChI=1S/C19H17N3O3S.ClH/c1-14-7-9-16(10-8-14)22-26(24,25)18-6-2-4-15(12-18)19(23)21-17-5-3-11-20-13-17;/h2-13,22H,1H3,(H,21,23);1H. The highest BCUT2D eigenvalue weighted by Gasteiger charge is 2.16. The van der Waals surface area contributed by atoms with E-state index in [1.165, 1.54) is 24.4 Å². The lowest BCUT2D eigenvalue weighted by atomic mass is 10.2. The number of halogens is 1. The van der Waals surface area contributed by atoms with Crippen molar-refractivity contribution in [3.05, 3.63) is 84.2 Å². The van der Waals surface area contributed by atoms with Crippen molar-refractivity contribution >= 4 is 39.7 Å². The summed E-state index contributed by atoms with van der Waals surface area (Å²) < 4.78 is 27.6. The van der Waals surface area contributed by atoms with Crippen molar-refractivity contribution < 1.29 is 13.2 Å². The molecule has 2 N–H and O–H groups in total. The molecule has 0 saturated heterocycles. The molecule has 0 atom stereocenters. The van der Waals surface area contributed by atoms with Gasteiger partial charge in [0, 0.05) is 17.4 Å². The summed E-state index contributed by atoms with van der Waals surface area (Å²) in [7, 11) is -3.80. The number of anilines is 2. The normalized spacial score (nSPS) is 10.6. The molecule has 8 heteroatoms. The van der Waals surface area contributed by atoms with Crippen LogP contribution in [0.5, 0.6) is 0 Å². The first kappa shape index (κ1) is 20.4. The van der Waals surface area contributed by atoms with Crippen LogP contribution in [0.25, 0.3) is 0 Å². The quantitative estimate of drug-likeness (QED) is 0.676. The lowest BCUT2D eigenvalue weighted by Crippen LogP contribution is -2.16. The molecule has 0 aliphatic rings. The summed E-state index contributed by atoms with van der Waals surface area (Å²) in [4.78, 5) is 16.3. The Balaban J connectivity index is 0.00000261. The summed E-state index contributed by atoms with van der Waals surface area (Å²) in [6.45, 7) is 1.92. The Labute approximate surface area is 164 Å². The van der Waals surface area contributed by atoms with Crippen LogP contribution in [-0.4, -0.2) is 19.3 Å². The number of aromatic nitrogens is 1. The zero-order valence-corrected chi connectivity index (χ0v) is 16.0. The molecule has 0 unspecified atom stereocenters. The number of carbonyl (C=O) groups excluding carboxylic acids is 1. The van der Waals surface area contributed by atoms with Gasteiger partial charge in [0.2, 0.25) is 0 Å². The minimum atomic E-state index is -3.80. The van der Waals surface area contributed by atoms with Crippen LogP contribution in [0.3, 0.4) is 0 Å². The highest BCUT2D eigenvalue weighted by molar-refractivity contribution is 7.92. The third kappa shape index (κ3) is 5.29. The van der Waals surface area contributed by atoms with E-state index in [-0.39, 0.29) is 22.9 Å². The van der Waals surface area contributed by atoms with Crippen LogP contribution in [0.1, 0.15) is 15.9 Å². The second-order valence-corrected chi connectivity index (χ2v) is 7.38. The molecule has 0 spiro atoms. The van der Waals surface area contributed by atoms with Crippen molar-refractivity contribution in [2.24, 2.45) is 0 Å². The van der Waals surface area contributed by atoms with E-state index in [0.29, 0.717) is 11.4 Å². The molecule has 0 bridgehead atoms. The Hall–Kier alpha value is -2.90. The zero-order valence-electron chi connectivity index (χ0n) is 14.4. The first-order valence-corrected chi connectivity index (χ1v) is 9.33. The minimum absolute atomic E-state index is 0. The summed E-state index contributed by atoms with van der Waals surface area (Å²) in [6.07, 6.45) is 3.11. The maximum atomic E-state index is 12.6. The van der Waals surface area contributed by atoms with E-state index in [0.717, 1.165) is 5.56 Å². The fraction of sp³-hybridized carbons (Fsp3) is 0.0526. The van der Waals surface area contributed by atoms with Gasteiger partial charge in [-0.25, -0.2) is 8.42 Å². The number of benzene rings is 2. The van der Waals surface area contributed by atoms with Crippen molar-refractivity contribution in [2.75, 3.05) is 10.0 Å². The molecule has 2 aromatic carbocycles. The Kier molecular flexibility index (Phi) is 6.55. The van der Waals surface area contributed by atoms with Gasteiger partial charge in [0.15, 0.2) is 0 Å². The zero-order chi connectivity index (χ0) is 18.6. The van der Waals surface area contributed by atoms with E-state index in [2.05, 4.69) is 15.0 Å². The van der Waals surface area contributed by atoms with E-state index in [1.807, 2.05) is 19.1 Å². The second-order valence-electron chi connectivity index (χ2n) is 5.70. The molecule has 3 aromatic rings. The van der Waals surface area contributed by atoms with Gasteiger partial charge in [0.05, 0.1) is 16.8 Å². The average molecular weight is 404 g/mol. The first-order chi connectivity index (χ1) is 12.4. The van der Waals surface area contributed by atoms with Gasteiger partial charge in [-0.15, -0.1) is 12.4 Å². The van der Waals surface area contributed by atoms with Crippen LogP contribution >= 0.6 is 12.4 Å². The van der Waals surface area contributed by atoms with Crippen LogP contribution in [-0.2, 0) is 10.0 Å². The van der Waals surface area contributed by atoms with Gasteiger partial charge in [-0.2, -0.15) is 0 Å². The Morgan fingerprint density at radius 2 is 1.70 bits per heavy atom. The van der Waals surface area contributed by atoms with E-state index in [4.69, 9.17) is 0 Å². The van der Waals surface area contributed by atoms with Crippen LogP contribution in [0.2, 0.25) is 0 Å². The predicted octanol–water partition coefficient (Wildman–Crippen LogP) is 3.86. The number of sulfonamides is 1. The highest BCUT2D eigenvalue weighted by atomic mass is 35.5. The Morgan fingerprint density at radius 1 is 0.963 bits per heavy atom. The number of carbonyl (C=O) groups is 1. The summed E-state index contributed by atoms with van der Waals surface area (Å²) >= 11 is 0. The fourth-order valence-electron chi connectivity index (χ4n) is 2.28. The van der Waals surface area contributed by atoms with Crippen molar-refractivity contribution in [3.8, 4) is 0 Å². The molecule has 0 radical (unpaired) electrons. The average Bonchev–Trinajstić information content (AvgIpc) is 2.64. The Bertz CT molecular complexity index is 1020. The lowest BCUT2D eigenvalue weighted by molar-refractivity contribution is 0.102. The maximum absolute atomic E-state index is 12.6. The van der Waals surface area contributed by atoms with Crippen molar-refractivity contribution in [2.45, 2.75) is 11.8 Å². The third-order valence-corrected chi connectivity index (χ3v) is 5.01. The first-order valence-electron chi connectivity index (χ1n) is 7.85. The van der Waals surface area contributed by atoms with E-state index < -0.39 is 15.9 Å². The number of rotatable bonds is 5. The summed E-state index contributed by atoms with van der Waals surface area (Å²) in [5.41, 5.74) is 2.26. The molecule has 0 aliphatic carbocycles. The van der Waals surface area contributed by atoms with Gasteiger partial charge in [-0.1, -0.05) is 23.8 Å². The second kappa shape index (κ2) is 8.66. The molecule has 6 nitrogen and oxygen atoms in total. The molecule has 0 fully saturated rings. The van der Waals surface area contributed by atoms with E-state index in [9.17, 15) is 13.2 Å². The third-order valence-electron chi connectivity index (χ3n) is 3.63. The maximum Gasteiger partial charge on any atom is 0.261 e. The molecule has 1 heterocycles. The van der Waals surface area contributed by atoms with Crippen molar-refractivity contribution in [1.82, 2.24) is 4.98 Å². The van der Waals surface area contributed by atoms with E-state index >= 15 is 0 Å². The number of hydrogen-bond donors (Lipinski definition) is 2. The molecular weight excluding hydrogens is 386 g/mol.